The number of aliphatic hydroxyl groups is 1. The molecule has 1 unspecified atom stereocenters. The fraction of sp³-hybridized carbons (Fsp3) is 0.571. The molecule has 0 spiro atoms. The lowest BCUT2D eigenvalue weighted by Gasteiger charge is -2.34. The van der Waals surface area contributed by atoms with Crippen LogP contribution in [0.2, 0.25) is 0 Å². The Morgan fingerprint density at radius 3 is 2.11 bits per heavy atom. The summed E-state index contributed by atoms with van der Waals surface area (Å²) in [5, 5.41) is 9.52. The van der Waals surface area contributed by atoms with Gasteiger partial charge in [0.2, 0.25) is 0 Å². The number of benzene rings is 1. The van der Waals surface area contributed by atoms with Crippen LogP contribution in [0.25, 0.3) is 0 Å². The van der Waals surface area contributed by atoms with Crippen molar-refractivity contribution in [1.82, 2.24) is 0 Å². The Morgan fingerprint density at radius 1 is 1.16 bits per heavy atom. The number of hydrogen-bond acceptors (Lipinski definition) is 2. The molecule has 1 aromatic rings. The molecule has 1 aliphatic heterocycles. The van der Waals surface area contributed by atoms with Gasteiger partial charge in [0.25, 0.3) is 0 Å². The van der Waals surface area contributed by atoms with Gasteiger partial charge in [0.15, 0.2) is 0 Å². The number of aliphatic hydroxyl groups excluding tert-OH is 1. The average Bonchev–Trinajstić information content (AvgIpc) is 2.38. The van der Waals surface area contributed by atoms with Crippen molar-refractivity contribution < 1.29 is 18.3 Å². The molecule has 0 aliphatic carbocycles. The minimum absolute atomic E-state index is 0.297. The van der Waals surface area contributed by atoms with Gasteiger partial charge < -0.3 is 10.0 Å². The molecule has 1 atom stereocenters. The van der Waals surface area contributed by atoms with Crippen LogP contribution in [-0.2, 0) is 6.18 Å². The molecule has 0 saturated carbocycles. The Balaban J connectivity index is 2.00. The van der Waals surface area contributed by atoms with Gasteiger partial charge in [-0.2, -0.15) is 13.2 Å². The standard InChI is InChI=1S/C14H18F3NO/c1-10(19)11-6-8-18(9-7-11)13-4-2-12(3-5-13)14(15,16)17/h2-5,10-11,19H,6-9H2,1H3. The first-order chi connectivity index (χ1) is 8.88. The lowest BCUT2D eigenvalue weighted by molar-refractivity contribution is -0.137. The molecule has 0 radical (unpaired) electrons. The molecule has 0 aromatic heterocycles. The predicted octanol–water partition coefficient (Wildman–Crippen LogP) is 3.30. The Morgan fingerprint density at radius 2 is 1.68 bits per heavy atom. The maximum Gasteiger partial charge on any atom is 0.416 e. The number of hydrogen-bond donors (Lipinski definition) is 1. The highest BCUT2D eigenvalue weighted by atomic mass is 19.4. The first-order valence-electron chi connectivity index (χ1n) is 6.48. The zero-order chi connectivity index (χ0) is 14.0. The summed E-state index contributed by atoms with van der Waals surface area (Å²) in [6, 6.07) is 5.28. The van der Waals surface area contributed by atoms with E-state index in [4.69, 9.17) is 0 Å². The summed E-state index contributed by atoms with van der Waals surface area (Å²) >= 11 is 0. The number of anilines is 1. The van der Waals surface area contributed by atoms with E-state index in [0.717, 1.165) is 43.8 Å². The van der Waals surface area contributed by atoms with Gasteiger partial charge in [0.05, 0.1) is 11.7 Å². The molecule has 2 rings (SSSR count). The summed E-state index contributed by atoms with van der Waals surface area (Å²) in [5.74, 6) is 0.297. The Labute approximate surface area is 110 Å². The first kappa shape index (κ1) is 14.2. The molecule has 5 heteroatoms. The lowest BCUT2D eigenvalue weighted by Crippen LogP contribution is -2.37. The van der Waals surface area contributed by atoms with Crippen molar-refractivity contribution in [2.75, 3.05) is 18.0 Å². The second-order valence-corrected chi connectivity index (χ2v) is 5.11. The highest BCUT2D eigenvalue weighted by Crippen LogP contribution is 2.31. The van der Waals surface area contributed by atoms with Crippen molar-refractivity contribution in [1.29, 1.82) is 0 Å². The monoisotopic (exact) mass is 273 g/mol. The second-order valence-electron chi connectivity index (χ2n) is 5.11. The maximum absolute atomic E-state index is 12.5. The summed E-state index contributed by atoms with van der Waals surface area (Å²) in [6.45, 7) is 3.35. The molecule has 106 valence electrons. The molecule has 19 heavy (non-hydrogen) atoms. The minimum Gasteiger partial charge on any atom is -0.393 e. The highest BCUT2D eigenvalue weighted by Gasteiger charge is 2.30. The molecule has 1 heterocycles. The van der Waals surface area contributed by atoms with Crippen LogP contribution in [0.5, 0.6) is 0 Å². The van der Waals surface area contributed by atoms with E-state index in [-0.39, 0.29) is 6.10 Å². The van der Waals surface area contributed by atoms with Crippen LogP contribution in [0.3, 0.4) is 0 Å². The smallest absolute Gasteiger partial charge is 0.393 e. The van der Waals surface area contributed by atoms with E-state index in [1.807, 2.05) is 0 Å². The Bertz CT molecular complexity index is 406. The molecule has 1 aromatic carbocycles. The zero-order valence-corrected chi connectivity index (χ0v) is 10.8. The first-order valence-corrected chi connectivity index (χ1v) is 6.48. The molecule has 1 aliphatic rings. The number of rotatable bonds is 2. The van der Waals surface area contributed by atoms with Gasteiger partial charge >= 0.3 is 6.18 Å². The van der Waals surface area contributed by atoms with Crippen molar-refractivity contribution in [2.24, 2.45) is 5.92 Å². The normalized spacial score (nSPS) is 19.5. The van der Waals surface area contributed by atoms with Crippen molar-refractivity contribution >= 4 is 5.69 Å². The summed E-state index contributed by atoms with van der Waals surface area (Å²) in [4.78, 5) is 2.07. The minimum atomic E-state index is -4.28. The van der Waals surface area contributed by atoms with Crippen molar-refractivity contribution in [2.45, 2.75) is 32.0 Å². The molecule has 1 saturated heterocycles. The third-order valence-electron chi connectivity index (χ3n) is 3.78. The van der Waals surface area contributed by atoms with Gasteiger partial charge in [0.1, 0.15) is 0 Å². The number of nitrogens with zero attached hydrogens (tertiary/aromatic N) is 1. The highest BCUT2D eigenvalue weighted by molar-refractivity contribution is 5.48. The molecular formula is C14H18F3NO. The van der Waals surface area contributed by atoms with Crippen LogP contribution in [0.15, 0.2) is 24.3 Å². The Kier molecular flexibility index (Phi) is 4.04. The maximum atomic E-state index is 12.5. The summed E-state index contributed by atoms with van der Waals surface area (Å²) in [6.07, 6.45) is -2.84. The van der Waals surface area contributed by atoms with Gasteiger partial charge in [-0.1, -0.05) is 0 Å². The van der Waals surface area contributed by atoms with Crippen LogP contribution in [0, 0.1) is 5.92 Å². The largest absolute Gasteiger partial charge is 0.416 e. The summed E-state index contributed by atoms with van der Waals surface area (Å²) < 4.78 is 37.4. The van der Waals surface area contributed by atoms with Crippen LogP contribution in [0.1, 0.15) is 25.3 Å². The fourth-order valence-corrected chi connectivity index (χ4v) is 2.50. The van der Waals surface area contributed by atoms with E-state index in [0.29, 0.717) is 5.92 Å². The van der Waals surface area contributed by atoms with Gasteiger partial charge in [-0.25, -0.2) is 0 Å². The molecule has 0 bridgehead atoms. The topological polar surface area (TPSA) is 23.5 Å². The molecule has 2 nitrogen and oxygen atoms in total. The Hall–Kier alpha value is -1.23. The van der Waals surface area contributed by atoms with Gasteiger partial charge in [-0.15, -0.1) is 0 Å². The van der Waals surface area contributed by atoms with Crippen molar-refractivity contribution in [3.63, 3.8) is 0 Å². The number of alkyl halides is 3. The average molecular weight is 273 g/mol. The van der Waals surface area contributed by atoms with E-state index in [9.17, 15) is 18.3 Å². The number of halogens is 3. The SMILES string of the molecule is CC(O)C1CCN(c2ccc(C(F)(F)F)cc2)CC1. The van der Waals surface area contributed by atoms with Crippen LogP contribution >= 0.6 is 0 Å². The molecule has 1 N–H and O–H groups in total. The summed E-state index contributed by atoms with van der Waals surface area (Å²) in [7, 11) is 0. The quantitative estimate of drug-likeness (QED) is 0.893. The fourth-order valence-electron chi connectivity index (χ4n) is 2.50. The number of piperidine rings is 1. The lowest BCUT2D eigenvalue weighted by atomic mass is 9.92. The van der Waals surface area contributed by atoms with Gasteiger partial charge in [0, 0.05) is 18.8 Å². The third-order valence-corrected chi connectivity index (χ3v) is 3.78. The van der Waals surface area contributed by atoms with Crippen molar-refractivity contribution in [3.8, 4) is 0 Å². The third kappa shape index (κ3) is 3.41. The van der Waals surface area contributed by atoms with Crippen LogP contribution in [0.4, 0.5) is 18.9 Å². The van der Waals surface area contributed by atoms with E-state index in [2.05, 4.69) is 4.90 Å². The zero-order valence-electron chi connectivity index (χ0n) is 10.8. The summed E-state index contributed by atoms with van der Waals surface area (Å²) in [5.41, 5.74) is 0.201. The van der Waals surface area contributed by atoms with Crippen LogP contribution < -0.4 is 4.90 Å². The molecule has 0 amide bonds. The predicted molar refractivity (Wildman–Crippen MR) is 68.1 cm³/mol. The van der Waals surface area contributed by atoms with E-state index >= 15 is 0 Å². The van der Waals surface area contributed by atoms with E-state index in [1.54, 1.807) is 6.92 Å². The van der Waals surface area contributed by atoms with E-state index in [1.165, 1.54) is 12.1 Å². The molecule has 1 fully saturated rings. The van der Waals surface area contributed by atoms with E-state index < -0.39 is 11.7 Å². The van der Waals surface area contributed by atoms with Gasteiger partial charge in [-0.3, -0.25) is 0 Å². The van der Waals surface area contributed by atoms with Gasteiger partial charge in [-0.05, 0) is 49.9 Å². The second kappa shape index (κ2) is 5.41. The molecular weight excluding hydrogens is 255 g/mol. The van der Waals surface area contributed by atoms with Crippen molar-refractivity contribution in [3.05, 3.63) is 29.8 Å². The van der Waals surface area contributed by atoms with Crippen LogP contribution in [-0.4, -0.2) is 24.3 Å².